The maximum Gasteiger partial charge on any atom is 0.255 e. The Morgan fingerprint density at radius 2 is 1.68 bits per heavy atom. The van der Waals surface area contributed by atoms with Crippen molar-refractivity contribution in [2.24, 2.45) is 7.05 Å². The van der Waals surface area contributed by atoms with Crippen LogP contribution < -0.4 is 10.9 Å². The Balaban J connectivity index is 1.70. The molecule has 6 heteroatoms. The van der Waals surface area contributed by atoms with Gasteiger partial charge in [-0.25, -0.2) is 4.68 Å². The molecule has 4 rings (SSSR count). The van der Waals surface area contributed by atoms with Gasteiger partial charge in [0, 0.05) is 30.1 Å². The number of hydrogen-bond acceptors (Lipinski definition) is 3. The lowest BCUT2D eigenvalue weighted by Gasteiger charge is -2.13. The average molecular weight is 415 g/mol. The molecule has 2 heterocycles. The maximum absolute atomic E-state index is 13.2. The summed E-state index contributed by atoms with van der Waals surface area (Å²) in [6, 6.07) is 17.4. The van der Waals surface area contributed by atoms with Crippen LogP contribution in [0.4, 0.5) is 5.69 Å². The molecule has 0 aliphatic heterocycles. The fourth-order valence-electron chi connectivity index (χ4n) is 4.02. The Bertz CT molecular complexity index is 1320. The quantitative estimate of drug-likeness (QED) is 0.532. The van der Waals surface area contributed by atoms with Gasteiger partial charge in [0.2, 0.25) is 5.91 Å². The number of pyridine rings is 1. The summed E-state index contributed by atoms with van der Waals surface area (Å²) in [5, 5.41) is 8.56. The minimum atomic E-state index is -0.111. The summed E-state index contributed by atoms with van der Waals surface area (Å²) in [5.41, 5.74) is 5.91. The predicted molar refractivity (Wildman–Crippen MR) is 124 cm³/mol. The van der Waals surface area contributed by atoms with Crippen LogP contribution in [-0.4, -0.2) is 20.3 Å². The Morgan fingerprint density at radius 1 is 1.00 bits per heavy atom. The van der Waals surface area contributed by atoms with Crippen LogP contribution in [0.15, 0.2) is 59.4 Å². The standard InChI is InChI=1S/C25H26N4O2/c1-16-10-12-20(13-11-16)29-24-23(18(3)27-29)17(2)21(25(31)28(24)4)14-15-22(30)26-19-8-6-5-7-9-19/h5-13H,14-15H2,1-4H3,(H,26,30). The molecular weight excluding hydrogens is 388 g/mol. The smallest absolute Gasteiger partial charge is 0.255 e. The van der Waals surface area contributed by atoms with E-state index in [1.165, 1.54) is 0 Å². The molecule has 1 N–H and O–H groups in total. The van der Waals surface area contributed by atoms with Gasteiger partial charge in [-0.2, -0.15) is 5.10 Å². The van der Waals surface area contributed by atoms with Crippen molar-refractivity contribution in [3.63, 3.8) is 0 Å². The molecule has 158 valence electrons. The molecular formula is C25H26N4O2. The van der Waals surface area contributed by atoms with E-state index in [4.69, 9.17) is 5.10 Å². The minimum Gasteiger partial charge on any atom is -0.326 e. The van der Waals surface area contributed by atoms with Gasteiger partial charge < -0.3 is 5.32 Å². The number of aryl methyl sites for hydroxylation is 4. The third-order valence-corrected chi connectivity index (χ3v) is 5.68. The highest BCUT2D eigenvalue weighted by atomic mass is 16.1. The lowest BCUT2D eigenvalue weighted by Crippen LogP contribution is -2.25. The third-order valence-electron chi connectivity index (χ3n) is 5.68. The molecule has 0 fully saturated rings. The first kappa shape index (κ1) is 20.6. The van der Waals surface area contributed by atoms with Crippen molar-refractivity contribution < 1.29 is 4.79 Å². The fourth-order valence-corrected chi connectivity index (χ4v) is 4.02. The lowest BCUT2D eigenvalue weighted by atomic mass is 10.0. The van der Waals surface area contributed by atoms with Crippen LogP contribution in [0.1, 0.15) is 28.8 Å². The molecule has 0 aliphatic carbocycles. The molecule has 4 aromatic rings. The van der Waals surface area contributed by atoms with Crippen LogP contribution in [-0.2, 0) is 18.3 Å². The van der Waals surface area contributed by atoms with Crippen molar-refractivity contribution in [3.8, 4) is 5.69 Å². The van der Waals surface area contributed by atoms with E-state index in [1.54, 1.807) is 11.6 Å². The van der Waals surface area contributed by atoms with Gasteiger partial charge in [-0.1, -0.05) is 35.9 Å². The molecule has 31 heavy (non-hydrogen) atoms. The van der Waals surface area contributed by atoms with E-state index >= 15 is 0 Å². The van der Waals surface area contributed by atoms with E-state index in [2.05, 4.69) is 5.32 Å². The molecule has 2 aromatic carbocycles. The van der Waals surface area contributed by atoms with Crippen LogP contribution in [0, 0.1) is 20.8 Å². The number of nitrogens with zero attached hydrogens (tertiary/aromatic N) is 3. The Morgan fingerprint density at radius 3 is 2.35 bits per heavy atom. The highest BCUT2D eigenvalue weighted by molar-refractivity contribution is 5.91. The van der Waals surface area contributed by atoms with E-state index in [-0.39, 0.29) is 17.9 Å². The second-order valence-electron chi connectivity index (χ2n) is 7.91. The van der Waals surface area contributed by atoms with E-state index in [1.807, 2.05) is 80.1 Å². The number of rotatable bonds is 5. The van der Waals surface area contributed by atoms with Gasteiger partial charge in [-0.05, 0) is 57.0 Å². The van der Waals surface area contributed by atoms with Gasteiger partial charge in [0.25, 0.3) is 5.56 Å². The first-order valence-electron chi connectivity index (χ1n) is 10.4. The summed E-state index contributed by atoms with van der Waals surface area (Å²) in [5.74, 6) is -0.111. The van der Waals surface area contributed by atoms with Gasteiger partial charge in [0.15, 0.2) is 0 Å². The summed E-state index contributed by atoms with van der Waals surface area (Å²) in [6.45, 7) is 5.94. The zero-order valence-corrected chi connectivity index (χ0v) is 18.3. The molecule has 2 aromatic heterocycles. The van der Waals surface area contributed by atoms with Crippen LogP contribution in [0.2, 0.25) is 0 Å². The zero-order valence-electron chi connectivity index (χ0n) is 18.3. The minimum absolute atomic E-state index is 0.0919. The Kier molecular flexibility index (Phi) is 5.46. The van der Waals surface area contributed by atoms with Crippen LogP contribution in [0.5, 0.6) is 0 Å². The summed E-state index contributed by atoms with van der Waals surface area (Å²) in [6.07, 6.45) is 0.615. The molecule has 0 saturated carbocycles. The van der Waals surface area contributed by atoms with Crippen LogP contribution >= 0.6 is 0 Å². The topological polar surface area (TPSA) is 68.9 Å². The number of carbonyl (C=O) groups excluding carboxylic acids is 1. The van der Waals surface area contributed by atoms with Crippen LogP contribution in [0.25, 0.3) is 16.7 Å². The van der Waals surface area contributed by atoms with Crippen molar-refractivity contribution in [1.82, 2.24) is 14.3 Å². The van der Waals surface area contributed by atoms with Gasteiger partial charge in [-0.15, -0.1) is 0 Å². The van der Waals surface area contributed by atoms with Gasteiger partial charge in [-0.3, -0.25) is 14.2 Å². The summed E-state index contributed by atoms with van der Waals surface area (Å²) < 4.78 is 3.47. The van der Waals surface area contributed by atoms with Crippen molar-refractivity contribution in [2.75, 3.05) is 5.32 Å². The zero-order chi connectivity index (χ0) is 22.1. The monoisotopic (exact) mass is 414 g/mol. The Labute approximate surface area is 181 Å². The first-order valence-corrected chi connectivity index (χ1v) is 10.4. The van der Waals surface area contributed by atoms with Gasteiger partial charge >= 0.3 is 0 Å². The number of anilines is 1. The first-order chi connectivity index (χ1) is 14.9. The van der Waals surface area contributed by atoms with E-state index in [0.29, 0.717) is 12.0 Å². The second kappa shape index (κ2) is 8.22. The molecule has 0 bridgehead atoms. The molecule has 0 saturated heterocycles. The SMILES string of the molecule is Cc1ccc(-n2nc(C)c3c(C)c(CCC(=O)Nc4ccccc4)c(=O)n(C)c32)cc1. The molecule has 0 unspecified atom stereocenters. The van der Waals surface area contributed by atoms with E-state index in [9.17, 15) is 9.59 Å². The van der Waals surface area contributed by atoms with E-state index < -0.39 is 0 Å². The molecule has 0 atom stereocenters. The maximum atomic E-state index is 13.2. The average Bonchev–Trinajstić information content (AvgIpc) is 3.10. The predicted octanol–water partition coefficient (Wildman–Crippen LogP) is 4.22. The third kappa shape index (κ3) is 3.89. The van der Waals surface area contributed by atoms with Crippen molar-refractivity contribution >= 4 is 22.6 Å². The summed E-state index contributed by atoms with van der Waals surface area (Å²) in [7, 11) is 1.77. The largest absolute Gasteiger partial charge is 0.326 e. The number of para-hydroxylation sites is 1. The number of fused-ring (bicyclic) bond motifs is 1. The molecule has 6 nitrogen and oxygen atoms in total. The second-order valence-corrected chi connectivity index (χ2v) is 7.91. The molecule has 0 spiro atoms. The van der Waals surface area contributed by atoms with Crippen molar-refractivity contribution in [3.05, 3.63) is 87.3 Å². The number of carbonyl (C=O) groups is 1. The highest BCUT2D eigenvalue weighted by Crippen LogP contribution is 2.26. The Hall–Kier alpha value is -3.67. The molecule has 1 amide bonds. The summed E-state index contributed by atoms with van der Waals surface area (Å²) >= 11 is 0. The summed E-state index contributed by atoms with van der Waals surface area (Å²) in [4.78, 5) is 25.6. The van der Waals surface area contributed by atoms with E-state index in [0.717, 1.165) is 39.2 Å². The number of benzene rings is 2. The van der Waals surface area contributed by atoms with Gasteiger partial charge in [0.1, 0.15) is 5.65 Å². The van der Waals surface area contributed by atoms with Crippen molar-refractivity contribution in [2.45, 2.75) is 33.6 Å². The van der Waals surface area contributed by atoms with Crippen molar-refractivity contribution in [1.29, 1.82) is 0 Å². The lowest BCUT2D eigenvalue weighted by molar-refractivity contribution is -0.116. The van der Waals surface area contributed by atoms with Crippen LogP contribution in [0.3, 0.4) is 0 Å². The number of amides is 1. The van der Waals surface area contributed by atoms with Gasteiger partial charge in [0.05, 0.1) is 11.4 Å². The highest BCUT2D eigenvalue weighted by Gasteiger charge is 2.20. The number of nitrogens with one attached hydrogen (secondary N) is 1. The molecule has 0 radical (unpaired) electrons. The number of aromatic nitrogens is 3. The normalized spacial score (nSPS) is 11.1. The number of hydrogen-bond donors (Lipinski definition) is 1. The fraction of sp³-hybridized carbons (Fsp3) is 0.240. The molecule has 0 aliphatic rings.